The molecule has 1 aromatic carbocycles. The van der Waals surface area contributed by atoms with Crippen LogP contribution in [0.25, 0.3) is 0 Å². The topological polar surface area (TPSA) is 39.7 Å². The zero-order valence-electron chi connectivity index (χ0n) is 15.0. The number of aliphatic imine (C=N–C) groups is 1. The lowest BCUT2D eigenvalue weighted by Crippen LogP contribution is -2.42. The molecular weight excluding hydrogens is 455 g/mol. The first-order valence-corrected chi connectivity index (χ1v) is 9.71. The Labute approximate surface area is 173 Å². The third-order valence-corrected chi connectivity index (χ3v) is 4.58. The highest BCUT2D eigenvalue weighted by Crippen LogP contribution is 2.19. The lowest BCUT2D eigenvalue weighted by atomic mass is 10.1. The van der Waals surface area contributed by atoms with Crippen LogP contribution in [0.1, 0.15) is 24.4 Å². The Balaban J connectivity index is 0.00000529. The van der Waals surface area contributed by atoms with Gasteiger partial charge in [-0.25, -0.2) is 0 Å². The van der Waals surface area contributed by atoms with Crippen LogP contribution in [0.15, 0.2) is 29.3 Å². The molecule has 2 N–H and O–H groups in total. The Hall–Kier alpha value is -0.180. The number of benzene rings is 1. The number of halogens is 2. The molecule has 0 heterocycles. The van der Waals surface area contributed by atoms with Crippen molar-refractivity contribution in [3.05, 3.63) is 34.9 Å². The average Bonchev–Trinajstić information content (AvgIpc) is 2.54. The minimum atomic E-state index is 0. The number of hydrogen-bond acceptors (Lipinski definition) is 3. The molecule has 0 aliphatic carbocycles. The molecule has 0 fully saturated rings. The van der Waals surface area contributed by atoms with E-state index in [1.807, 2.05) is 30.9 Å². The van der Waals surface area contributed by atoms with Crippen molar-refractivity contribution >= 4 is 53.3 Å². The van der Waals surface area contributed by atoms with Crippen LogP contribution in [0.4, 0.5) is 0 Å². The fourth-order valence-corrected chi connectivity index (χ4v) is 2.89. The second-order valence-electron chi connectivity index (χ2n) is 5.61. The highest BCUT2D eigenvalue weighted by molar-refractivity contribution is 14.0. The Morgan fingerprint density at radius 1 is 1.21 bits per heavy atom. The first-order chi connectivity index (χ1) is 11.1. The summed E-state index contributed by atoms with van der Waals surface area (Å²) in [4.78, 5) is 6.49. The van der Waals surface area contributed by atoms with Crippen molar-refractivity contribution in [2.24, 2.45) is 4.99 Å². The maximum absolute atomic E-state index is 5.98. The predicted molar refractivity (Wildman–Crippen MR) is 120 cm³/mol. The van der Waals surface area contributed by atoms with E-state index >= 15 is 0 Å². The first-order valence-electron chi connectivity index (χ1n) is 7.93. The number of nitrogens with one attached hydrogen (secondary N) is 2. The van der Waals surface area contributed by atoms with E-state index in [-0.39, 0.29) is 30.0 Å². The lowest BCUT2D eigenvalue weighted by molar-refractivity contribution is 0.298. The molecule has 0 saturated heterocycles. The summed E-state index contributed by atoms with van der Waals surface area (Å²) in [6.07, 6.45) is 4.54. The van der Waals surface area contributed by atoms with Gasteiger partial charge in [0.25, 0.3) is 0 Å². The standard InChI is InChI=1S/C17H29ClN4S.HI/c1-19-17(20-11-5-6-12-23-4)21-13-16(22(2)3)14-7-9-15(18)10-8-14;/h7-10,16H,5-6,11-13H2,1-4H3,(H2,19,20,21);1H. The van der Waals surface area contributed by atoms with Crippen molar-refractivity contribution in [2.45, 2.75) is 18.9 Å². The maximum Gasteiger partial charge on any atom is 0.191 e. The molecule has 1 rings (SSSR count). The normalized spacial score (nSPS) is 12.7. The Bertz CT molecular complexity index is 468. The average molecular weight is 485 g/mol. The van der Waals surface area contributed by atoms with Gasteiger partial charge in [-0.15, -0.1) is 24.0 Å². The van der Waals surface area contributed by atoms with E-state index in [0.717, 1.165) is 30.5 Å². The molecule has 0 aliphatic heterocycles. The van der Waals surface area contributed by atoms with Crippen LogP contribution in [-0.4, -0.2) is 57.1 Å². The summed E-state index contributed by atoms with van der Waals surface area (Å²) in [6, 6.07) is 8.29. The van der Waals surface area contributed by atoms with Gasteiger partial charge in [-0.05, 0) is 56.6 Å². The molecule has 7 heteroatoms. The number of likely N-dealkylation sites (N-methyl/N-ethyl adjacent to an activating group) is 1. The summed E-state index contributed by atoms with van der Waals surface area (Å²) < 4.78 is 0. The summed E-state index contributed by atoms with van der Waals surface area (Å²) >= 11 is 7.87. The Morgan fingerprint density at radius 2 is 1.88 bits per heavy atom. The molecule has 0 amide bonds. The summed E-state index contributed by atoms with van der Waals surface area (Å²) in [7, 11) is 5.98. The number of hydrogen-bond donors (Lipinski definition) is 2. The van der Waals surface area contributed by atoms with Crippen LogP contribution in [0, 0.1) is 0 Å². The second-order valence-corrected chi connectivity index (χ2v) is 7.03. The van der Waals surface area contributed by atoms with Crippen molar-refractivity contribution in [1.29, 1.82) is 0 Å². The molecule has 0 radical (unpaired) electrons. The lowest BCUT2D eigenvalue weighted by Gasteiger charge is -2.26. The third kappa shape index (κ3) is 9.34. The highest BCUT2D eigenvalue weighted by Gasteiger charge is 2.14. The SMILES string of the molecule is CN=C(NCCCCSC)NCC(c1ccc(Cl)cc1)N(C)C.I. The van der Waals surface area contributed by atoms with Crippen LogP contribution in [0.2, 0.25) is 5.02 Å². The highest BCUT2D eigenvalue weighted by atomic mass is 127. The molecular formula is C17H30ClIN4S. The second kappa shape index (κ2) is 14.0. The fraction of sp³-hybridized carbons (Fsp3) is 0.588. The largest absolute Gasteiger partial charge is 0.356 e. The quantitative estimate of drug-likeness (QED) is 0.242. The summed E-state index contributed by atoms with van der Waals surface area (Å²) in [5, 5.41) is 7.55. The summed E-state index contributed by atoms with van der Waals surface area (Å²) in [6.45, 7) is 1.74. The summed E-state index contributed by atoms with van der Waals surface area (Å²) in [5.74, 6) is 2.07. The first kappa shape index (κ1) is 23.8. The van der Waals surface area contributed by atoms with Crippen LogP contribution < -0.4 is 10.6 Å². The van der Waals surface area contributed by atoms with Gasteiger partial charge in [-0.2, -0.15) is 11.8 Å². The zero-order valence-corrected chi connectivity index (χ0v) is 18.9. The van der Waals surface area contributed by atoms with E-state index in [0.29, 0.717) is 0 Å². The Kier molecular flexibility index (Phi) is 13.9. The maximum atomic E-state index is 5.98. The zero-order chi connectivity index (χ0) is 17.1. The van der Waals surface area contributed by atoms with E-state index in [9.17, 15) is 0 Å². The molecule has 24 heavy (non-hydrogen) atoms. The van der Waals surface area contributed by atoms with Gasteiger partial charge in [0.05, 0.1) is 6.04 Å². The van der Waals surface area contributed by atoms with Gasteiger partial charge >= 0.3 is 0 Å². The third-order valence-electron chi connectivity index (χ3n) is 3.63. The number of guanidine groups is 1. The van der Waals surface area contributed by atoms with Crippen molar-refractivity contribution < 1.29 is 0 Å². The minimum absolute atomic E-state index is 0. The van der Waals surface area contributed by atoms with Crippen molar-refractivity contribution in [3.8, 4) is 0 Å². The van der Waals surface area contributed by atoms with Gasteiger partial charge in [-0.1, -0.05) is 23.7 Å². The molecule has 1 aromatic rings. The predicted octanol–water partition coefficient (Wildman–Crippen LogP) is 3.87. The number of rotatable bonds is 9. The van der Waals surface area contributed by atoms with Gasteiger partial charge in [-0.3, -0.25) is 4.99 Å². The number of unbranched alkanes of at least 4 members (excludes halogenated alkanes) is 1. The van der Waals surface area contributed by atoms with Crippen LogP contribution in [0.5, 0.6) is 0 Å². The van der Waals surface area contributed by atoms with Gasteiger partial charge in [0.1, 0.15) is 0 Å². The van der Waals surface area contributed by atoms with Crippen molar-refractivity contribution in [3.63, 3.8) is 0 Å². The monoisotopic (exact) mass is 484 g/mol. The molecule has 0 saturated carbocycles. The van der Waals surface area contributed by atoms with Crippen molar-refractivity contribution in [2.75, 3.05) is 46.2 Å². The van der Waals surface area contributed by atoms with Crippen LogP contribution in [-0.2, 0) is 0 Å². The number of thioether (sulfide) groups is 1. The molecule has 0 spiro atoms. The molecule has 0 aromatic heterocycles. The van der Waals surface area contributed by atoms with Gasteiger partial charge in [0, 0.05) is 25.2 Å². The molecule has 138 valence electrons. The van der Waals surface area contributed by atoms with Gasteiger partial charge in [0.2, 0.25) is 0 Å². The molecule has 0 aliphatic rings. The van der Waals surface area contributed by atoms with E-state index in [1.165, 1.54) is 17.7 Å². The fourth-order valence-electron chi connectivity index (χ4n) is 2.28. The number of nitrogens with zero attached hydrogens (tertiary/aromatic N) is 2. The summed E-state index contributed by atoms with van der Waals surface area (Å²) in [5.41, 5.74) is 1.24. The van der Waals surface area contributed by atoms with E-state index in [1.54, 1.807) is 0 Å². The van der Waals surface area contributed by atoms with Gasteiger partial charge in [0.15, 0.2) is 5.96 Å². The molecule has 4 nitrogen and oxygen atoms in total. The molecule has 0 bridgehead atoms. The molecule has 1 unspecified atom stereocenters. The Morgan fingerprint density at radius 3 is 2.42 bits per heavy atom. The van der Waals surface area contributed by atoms with Crippen LogP contribution >= 0.6 is 47.3 Å². The van der Waals surface area contributed by atoms with Crippen LogP contribution in [0.3, 0.4) is 0 Å². The van der Waals surface area contributed by atoms with E-state index in [2.05, 4.69) is 53.0 Å². The van der Waals surface area contributed by atoms with E-state index in [4.69, 9.17) is 11.6 Å². The van der Waals surface area contributed by atoms with Crippen molar-refractivity contribution in [1.82, 2.24) is 15.5 Å². The molecule has 1 atom stereocenters. The minimum Gasteiger partial charge on any atom is -0.356 e. The van der Waals surface area contributed by atoms with E-state index < -0.39 is 0 Å². The smallest absolute Gasteiger partial charge is 0.191 e. The van der Waals surface area contributed by atoms with Gasteiger partial charge < -0.3 is 15.5 Å².